The molecule has 2 aromatic heterocycles. The number of hydrogen-bond acceptors (Lipinski definition) is 5. The Morgan fingerprint density at radius 1 is 1.37 bits per heavy atom. The SMILES string of the molecule is CC(C)CC(O)Cc1nc(Cc2cccnc2)no1. The maximum atomic E-state index is 9.83. The molecule has 102 valence electrons. The van der Waals surface area contributed by atoms with Crippen LogP contribution < -0.4 is 0 Å². The van der Waals surface area contributed by atoms with E-state index >= 15 is 0 Å². The van der Waals surface area contributed by atoms with E-state index in [-0.39, 0.29) is 0 Å². The highest BCUT2D eigenvalue weighted by molar-refractivity contribution is 5.13. The molecule has 0 aliphatic carbocycles. The highest BCUT2D eigenvalue weighted by Crippen LogP contribution is 2.11. The van der Waals surface area contributed by atoms with E-state index in [0.717, 1.165) is 12.0 Å². The van der Waals surface area contributed by atoms with Gasteiger partial charge in [-0.15, -0.1) is 0 Å². The summed E-state index contributed by atoms with van der Waals surface area (Å²) in [6.07, 6.45) is 4.83. The molecule has 1 unspecified atom stereocenters. The van der Waals surface area contributed by atoms with Gasteiger partial charge in [0.1, 0.15) is 0 Å². The predicted octanol–water partition coefficient (Wildman–Crippen LogP) is 2.00. The van der Waals surface area contributed by atoms with Crippen LogP contribution in [-0.4, -0.2) is 26.3 Å². The van der Waals surface area contributed by atoms with E-state index in [1.807, 2.05) is 12.1 Å². The molecule has 0 saturated carbocycles. The van der Waals surface area contributed by atoms with Crippen molar-refractivity contribution in [3.63, 3.8) is 0 Å². The minimum absolute atomic E-state index is 0.415. The van der Waals surface area contributed by atoms with Crippen LogP contribution in [0.2, 0.25) is 0 Å². The van der Waals surface area contributed by atoms with Crippen LogP contribution in [0.1, 0.15) is 37.5 Å². The quantitative estimate of drug-likeness (QED) is 0.861. The third-order valence-electron chi connectivity index (χ3n) is 2.75. The highest BCUT2D eigenvalue weighted by Gasteiger charge is 2.13. The minimum Gasteiger partial charge on any atom is -0.393 e. The summed E-state index contributed by atoms with van der Waals surface area (Å²) in [7, 11) is 0. The van der Waals surface area contributed by atoms with Gasteiger partial charge in [-0.1, -0.05) is 25.1 Å². The zero-order valence-electron chi connectivity index (χ0n) is 11.3. The van der Waals surface area contributed by atoms with Crippen LogP contribution in [0.4, 0.5) is 0 Å². The Labute approximate surface area is 112 Å². The maximum Gasteiger partial charge on any atom is 0.229 e. The van der Waals surface area contributed by atoms with Crippen molar-refractivity contribution in [1.82, 2.24) is 15.1 Å². The van der Waals surface area contributed by atoms with E-state index in [4.69, 9.17) is 4.52 Å². The van der Waals surface area contributed by atoms with Gasteiger partial charge >= 0.3 is 0 Å². The first-order valence-electron chi connectivity index (χ1n) is 6.52. The van der Waals surface area contributed by atoms with E-state index < -0.39 is 6.10 Å². The summed E-state index contributed by atoms with van der Waals surface area (Å²) in [5.41, 5.74) is 1.04. The van der Waals surface area contributed by atoms with Gasteiger partial charge in [0, 0.05) is 18.8 Å². The number of aromatic nitrogens is 3. The Balaban J connectivity index is 1.92. The lowest BCUT2D eigenvalue weighted by atomic mass is 10.0. The standard InChI is InChI=1S/C14H19N3O2/c1-10(2)6-12(18)8-14-16-13(17-19-14)7-11-4-3-5-15-9-11/h3-5,9-10,12,18H,6-8H2,1-2H3. The molecule has 0 amide bonds. The van der Waals surface area contributed by atoms with Gasteiger partial charge in [-0.3, -0.25) is 4.98 Å². The minimum atomic E-state index is -0.424. The average molecular weight is 261 g/mol. The first-order valence-corrected chi connectivity index (χ1v) is 6.52. The van der Waals surface area contributed by atoms with E-state index in [0.29, 0.717) is 30.5 Å². The highest BCUT2D eigenvalue weighted by atomic mass is 16.5. The molecular formula is C14H19N3O2. The van der Waals surface area contributed by atoms with E-state index in [9.17, 15) is 5.11 Å². The second-order valence-electron chi connectivity index (χ2n) is 5.13. The molecule has 19 heavy (non-hydrogen) atoms. The molecular weight excluding hydrogens is 242 g/mol. The van der Waals surface area contributed by atoms with Crippen LogP contribution in [0.15, 0.2) is 29.0 Å². The van der Waals surface area contributed by atoms with Gasteiger partial charge in [0.25, 0.3) is 0 Å². The van der Waals surface area contributed by atoms with Crippen molar-refractivity contribution in [3.05, 3.63) is 41.8 Å². The van der Waals surface area contributed by atoms with Crippen LogP contribution in [0.5, 0.6) is 0 Å². The van der Waals surface area contributed by atoms with Crippen LogP contribution in [0, 0.1) is 5.92 Å². The Morgan fingerprint density at radius 2 is 2.21 bits per heavy atom. The smallest absolute Gasteiger partial charge is 0.229 e. The van der Waals surface area contributed by atoms with Crippen molar-refractivity contribution >= 4 is 0 Å². The summed E-state index contributed by atoms with van der Waals surface area (Å²) >= 11 is 0. The topological polar surface area (TPSA) is 72.0 Å². The van der Waals surface area contributed by atoms with Gasteiger partial charge in [-0.25, -0.2) is 0 Å². The van der Waals surface area contributed by atoms with Crippen LogP contribution in [-0.2, 0) is 12.8 Å². The van der Waals surface area contributed by atoms with Crippen LogP contribution >= 0.6 is 0 Å². The largest absolute Gasteiger partial charge is 0.393 e. The van der Waals surface area contributed by atoms with Crippen molar-refractivity contribution < 1.29 is 9.63 Å². The molecule has 0 bridgehead atoms. The number of pyridine rings is 1. The number of nitrogens with zero attached hydrogens (tertiary/aromatic N) is 3. The lowest BCUT2D eigenvalue weighted by Crippen LogP contribution is -2.13. The molecule has 0 aliphatic heterocycles. The molecule has 0 radical (unpaired) electrons. The fourth-order valence-electron chi connectivity index (χ4n) is 1.96. The first-order chi connectivity index (χ1) is 9.13. The fourth-order valence-corrected chi connectivity index (χ4v) is 1.96. The summed E-state index contributed by atoms with van der Waals surface area (Å²) in [6, 6.07) is 3.85. The van der Waals surface area contributed by atoms with Crippen LogP contribution in [0.3, 0.4) is 0 Å². The molecule has 2 rings (SSSR count). The molecule has 0 fully saturated rings. The predicted molar refractivity (Wildman–Crippen MR) is 70.5 cm³/mol. The van der Waals surface area contributed by atoms with Crippen molar-refractivity contribution in [3.8, 4) is 0 Å². The van der Waals surface area contributed by atoms with Crippen LogP contribution in [0.25, 0.3) is 0 Å². The third kappa shape index (κ3) is 4.44. The summed E-state index contributed by atoms with van der Waals surface area (Å²) in [5, 5.41) is 13.8. The summed E-state index contributed by atoms with van der Waals surface area (Å²) in [6.45, 7) is 4.15. The summed E-state index contributed by atoms with van der Waals surface area (Å²) in [5.74, 6) is 1.57. The summed E-state index contributed by atoms with van der Waals surface area (Å²) in [4.78, 5) is 8.33. The summed E-state index contributed by atoms with van der Waals surface area (Å²) < 4.78 is 5.15. The lowest BCUT2D eigenvalue weighted by Gasteiger charge is -2.09. The molecule has 1 atom stereocenters. The third-order valence-corrected chi connectivity index (χ3v) is 2.75. The van der Waals surface area contributed by atoms with E-state index in [1.165, 1.54) is 0 Å². The lowest BCUT2D eigenvalue weighted by molar-refractivity contribution is 0.138. The average Bonchev–Trinajstić information content (AvgIpc) is 2.76. The molecule has 2 aromatic rings. The number of aliphatic hydroxyl groups excluding tert-OH is 1. The van der Waals surface area contributed by atoms with Gasteiger partial charge in [0.15, 0.2) is 5.82 Å². The molecule has 0 spiro atoms. The number of rotatable bonds is 6. The maximum absolute atomic E-state index is 9.83. The molecule has 0 saturated heterocycles. The molecule has 0 aliphatic rings. The monoisotopic (exact) mass is 261 g/mol. The van der Waals surface area contributed by atoms with Gasteiger partial charge in [-0.05, 0) is 24.0 Å². The van der Waals surface area contributed by atoms with Crippen molar-refractivity contribution in [1.29, 1.82) is 0 Å². The first kappa shape index (κ1) is 13.7. The van der Waals surface area contributed by atoms with Crippen molar-refractivity contribution in [2.75, 3.05) is 0 Å². The van der Waals surface area contributed by atoms with Gasteiger partial charge in [0.2, 0.25) is 5.89 Å². The fraction of sp³-hybridized carbons (Fsp3) is 0.500. The molecule has 5 nitrogen and oxygen atoms in total. The molecule has 1 N–H and O–H groups in total. The zero-order valence-corrected chi connectivity index (χ0v) is 11.3. The Bertz CT molecular complexity index is 496. The Kier molecular flexibility index (Phi) is 4.63. The molecule has 2 heterocycles. The van der Waals surface area contributed by atoms with Crippen molar-refractivity contribution in [2.24, 2.45) is 5.92 Å². The van der Waals surface area contributed by atoms with Gasteiger partial charge in [-0.2, -0.15) is 4.98 Å². The van der Waals surface area contributed by atoms with Gasteiger partial charge < -0.3 is 9.63 Å². The number of aliphatic hydroxyl groups is 1. The second kappa shape index (κ2) is 6.43. The number of hydrogen-bond donors (Lipinski definition) is 1. The normalized spacial score (nSPS) is 12.8. The van der Waals surface area contributed by atoms with Crippen molar-refractivity contribution in [2.45, 2.75) is 39.2 Å². The Hall–Kier alpha value is -1.75. The molecule has 0 aromatic carbocycles. The zero-order chi connectivity index (χ0) is 13.7. The van der Waals surface area contributed by atoms with Gasteiger partial charge in [0.05, 0.1) is 12.5 Å². The van der Waals surface area contributed by atoms with E-state index in [2.05, 4.69) is 29.0 Å². The molecule has 5 heteroatoms. The Morgan fingerprint density at radius 3 is 2.89 bits per heavy atom. The second-order valence-corrected chi connectivity index (χ2v) is 5.13. The van der Waals surface area contributed by atoms with E-state index in [1.54, 1.807) is 12.4 Å².